The van der Waals surface area contributed by atoms with Crippen molar-refractivity contribution in [3.63, 3.8) is 0 Å². The minimum atomic E-state index is -0.582. The zero-order valence-electron chi connectivity index (χ0n) is 21.6. The monoisotopic (exact) mass is 574 g/mol. The smallest absolute Gasteiger partial charge is 0.410 e. The van der Waals surface area contributed by atoms with Gasteiger partial charge in [0.25, 0.3) is 11.8 Å². The van der Waals surface area contributed by atoms with E-state index in [4.69, 9.17) is 32.7 Å². The summed E-state index contributed by atoms with van der Waals surface area (Å²) in [6, 6.07) is 7.99. The van der Waals surface area contributed by atoms with E-state index < -0.39 is 17.4 Å². The fourth-order valence-corrected chi connectivity index (χ4v) is 4.39. The summed E-state index contributed by atoms with van der Waals surface area (Å²) in [7, 11) is 0. The van der Waals surface area contributed by atoms with Crippen LogP contribution in [0, 0.1) is 0 Å². The van der Waals surface area contributed by atoms with Gasteiger partial charge in [-0.05, 0) is 39.0 Å². The molecular formula is C26H28Cl2N6O5. The number of ether oxygens (including phenoxy) is 2. The summed E-state index contributed by atoms with van der Waals surface area (Å²) in [6.07, 6.45) is 3.63. The van der Waals surface area contributed by atoms with E-state index in [1.165, 1.54) is 12.4 Å². The molecule has 39 heavy (non-hydrogen) atoms. The van der Waals surface area contributed by atoms with Crippen LogP contribution >= 0.6 is 23.2 Å². The molecule has 0 bridgehead atoms. The second kappa shape index (κ2) is 11.9. The van der Waals surface area contributed by atoms with Gasteiger partial charge in [0.05, 0.1) is 39.4 Å². The summed E-state index contributed by atoms with van der Waals surface area (Å²) in [5, 5.41) is 12.1. The Balaban J connectivity index is 1.30. The van der Waals surface area contributed by atoms with Crippen LogP contribution in [-0.2, 0) is 4.74 Å². The number of anilines is 2. The summed E-state index contributed by atoms with van der Waals surface area (Å²) < 4.78 is 11.4. The lowest BCUT2D eigenvalue weighted by Gasteiger charge is -2.33. The van der Waals surface area contributed by atoms with E-state index >= 15 is 0 Å². The number of H-pyrrole nitrogens is 1. The van der Waals surface area contributed by atoms with E-state index in [1.54, 1.807) is 35.2 Å². The Bertz CT molecular complexity index is 1330. The molecule has 11 nitrogen and oxygen atoms in total. The molecule has 3 aromatic rings. The Labute approximate surface area is 235 Å². The Kier molecular flexibility index (Phi) is 8.61. The van der Waals surface area contributed by atoms with Crippen LogP contribution in [-0.4, -0.2) is 62.8 Å². The molecule has 1 saturated heterocycles. The average molecular weight is 575 g/mol. The SMILES string of the molecule is CC(C)(C)OC(=O)N1CCC(Oc2ccc(NC(=O)c3[nH]ncc3NC(=O)c3c(Cl)cccc3Cl)cn2)CC1. The number of hydrogen-bond acceptors (Lipinski definition) is 7. The number of piperidine rings is 1. The molecule has 3 amide bonds. The van der Waals surface area contributed by atoms with Crippen LogP contribution in [0.4, 0.5) is 16.2 Å². The van der Waals surface area contributed by atoms with Gasteiger partial charge in [0.15, 0.2) is 0 Å². The molecule has 1 aliphatic heterocycles. The number of carbonyl (C=O) groups excluding carboxylic acids is 3. The summed E-state index contributed by atoms with van der Waals surface area (Å²) in [6.45, 7) is 6.56. The van der Waals surface area contributed by atoms with E-state index in [0.29, 0.717) is 37.5 Å². The second-order valence-corrected chi connectivity index (χ2v) is 10.6. The molecule has 0 unspecified atom stereocenters. The minimum Gasteiger partial charge on any atom is -0.474 e. The highest BCUT2D eigenvalue weighted by atomic mass is 35.5. The Hall–Kier alpha value is -3.83. The van der Waals surface area contributed by atoms with Gasteiger partial charge < -0.3 is 25.0 Å². The number of nitrogens with zero attached hydrogens (tertiary/aromatic N) is 3. The quantitative estimate of drug-likeness (QED) is 0.358. The molecule has 4 rings (SSSR count). The largest absolute Gasteiger partial charge is 0.474 e. The predicted molar refractivity (Wildman–Crippen MR) is 147 cm³/mol. The Morgan fingerprint density at radius 2 is 1.69 bits per heavy atom. The number of benzene rings is 1. The second-order valence-electron chi connectivity index (χ2n) is 9.83. The highest BCUT2D eigenvalue weighted by Crippen LogP contribution is 2.26. The zero-order chi connectivity index (χ0) is 28.2. The standard InChI is InChI=1S/C26H28Cl2N6O5/c1-26(2,3)39-25(37)34-11-9-16(10-12-34)38-20-8-7-15(13-29-20)31-24(36)22-19(14-30-33-22)32-23(35)21-17(27)5-4-6-18(21)28/h4-8,13-14,16H,9-12H2,1-3H3,(H,30,33)(H,31,36)(H,32,35). The van der Waals surface area contributed by atoms with Gasteiger partial charge in [-0.25, -0.2) is 9.78 Å². The molecule has 3 heterocycles. The fraction of sp³-hybridized carbons (Fsp3) is 0.346. The van der Waals surface area contributed by atoms with E-state index in [0.717, 1.165) is 0 Å². The molecule has 1 aromatic carbocycles. The van der Waals surface area contributed by atoms with Crippen molar-refractivity contribution in [2.45, 2.75) is 45.3 Å². The molecule has 0 radical (unpaired) electrons. The van der Waals surface area contributed by atoms with Gasteiger partial charge in [0.1, 0.15) is 17.4 Å². The van der Waals surface area contributed by atoms with Crippen molar-refractivity contribution in [2.24, 2.45) is 0 Å². The fourth-order valence-electron chi connectivity index (χ4n) is 3.82. The van der Waals surface area contributed by atoms with Gasteiger partial charge in [-0.1, -0.05) is 29.3 Å². The highest BCUT2D eigenvalue weighted by Gasteiger charge is 2.28. The molecule has 1 aliphatic rings. The number of pyridine rings is 1. The minimum absolute atomic E-state index is 0.0311. The number of hydrogen-bond donors (Lipinski definition) is 3. The van der Waals surface area contributed by atoms with Crippen LogP contribution in [0.2, 0.25) is 10.0 Å². The van der Waals surface area contributed by atoms with Crippen LogP contribution < -0.4 is 15.4 Å². The first-order valence-corrected chi connectivity index (χ1v) is 13.0. The van der Waals surface area contributed by atoms with E-state index in [-0.39, 0.29) is 39.2 Å². The first kappa shape index (κ1) is 28.2. The van der Waals surface area contributed by atoms with Crippen molar-refractivity contribution in [2.75, 3.05) is 23.7 Å². The molecule has 3 N–H and O–H groups in total. The van der Waals surface area contributed by atoms with Crippen molar-refractivity contribution in [3.05, 3.63) is 64.0 Å². The maximum Gasteiger partial charge on any atom is 0.410 e. The number of aromatic amines is 1. The van der Waals surface area contributed by atoms with Crippen molar-refractivity contribution < 1.29 is 23.9 Å². The van der Waals surface area contributed by atoms with Crippen LogP contribution in [0.5, 0.6) is 5.88 Å². The van der Waals surface area contributed by atoms with E-state index in [2.05, 4.69) is 25.8 Å². The molecule has 0 atom stereocenters. The molecule has 13 heteroatoms. The molecular weight excluding hydrogens is 547 g/mol. The lowest BCUT2D eigenvalue weighted by Crippen LogP contribution is -2.44. The van der Waals surface area contributed by atoms with Crippen molar-refractivity contribution >= 4 is 52.5 Å². The third-order valence-electron chi connectivity index (χ3n) is 5.68. The third-order valence-corrected chi connectivity index (χ3v) is 6.31. The zero-order valence-corrected chi connectivity index (χ0v) is 23.1. The summed E-state index contributed by atoms with van der Waals surface area (Å²) in [4.78, 5) is 43.7. The van der Waals surface area contributed by atoms with Gasteiger partial charge in [0.2, 0.25) is 5.88 Å². The van der Waals surface area contributed by atoms with Gasteiger partial charge in [0, 0.05) is 32.0 Å². The average Bonchev–Trinajstić information content (AvgIpc) is 3.33. The number of aromatic nitrogens is 3. The number of nitrogens with one attached hydrogen (secondary N) is 3. The number of likely N-dealkylation sites (tertiary alicyclic amines) is 1. The van der Waals surface area contributed by atoms with Crippen molar-refractivity contribution in [1.29, 1.82) is 0 Å². The molecule has 2 aromatic heterocycles. The lowest BCUT2D eigenvalue weighted by atomic mass is 10.1. The number of rotatable bonds is 6. The first-order chi connectivity index (χ1) is 18.5. The predicted octanol–water partition coefficient (Wildman–Crippen LogP) is 5.39. The van der Waals surface area contributed by atoms with Crippen LogP contribution in [0.1, 0.15) is 54.5 Å². The van der Waals surface area contributed by atoms with Gasteiger partial charge in [-0.3, -0.25) is 14.7 Å². The molecule has 0 saturated carbocycles. The van der Waals surface area contributed by atoms with Crippen molar-refractivity contribution in [1.82, 2.24) is 20.1 Å². The van der Waals surface area contributed by atoms with Gasteiger partial charge >= 0.3 is 6.09 Å². The van der Waals surface area contributed by atoms with E-state index in [9.17, 15) is 14.4 Å². The summed E-state index contributed by atoms with van der Waals surface area (Å²) in [5.74, 6) is -0.728. The number of halogens is 2. The van der Waals surface area contributed by atoms with E-state index in [1.807, 2.05) is 20.8 Å². The molecule has 206 valence electrons. The Morgan fingerprint density at radius 3 is 2.31 bits per heavy atom. The number of amides is 3. The third kappa shape index (κ3) is 7.39. The maximum atomic E-state index is 12.8. The normalized spacial score (nSPS) is 14.0. The van der Waals surface area contributed by atoms with Crippen LogP contribution in [0.3, 0.4) is 0 Å². The van der Waals surface area contributed by atoms with Crippen LogP contribution in [0.25, 0.3) is 0 Å². The Morgan fingerprint density at radius 1 is 1.00 bits per heavy atom. The molecule has 0 aliphatic carbocycles. The van der Waals surface area contributed by atoms with Gasteiger partial charge in [-0.2, -0.15) is 5.10 Å². The maximum absolute atomic E-state index is 12.8. The summed E-state index contributed by atoms with van der Waals surface area (Å²) in [5.41, 5.74) is 0.142. The van der Waals surface area contributed by atoms with Crippen LogP contribution in [0.15, 0.2) is 42.7 Å². The molecule has 1 fully saturated rings. The van der Waals surface area contributed by atoms with Crippen molar-refractivity contribution in [3.8, 4) is 5.88 Å². The first-order valence-electron chi connectivity index (χ1n) is 12.2. The number of carbonyl (C=O) groups is 3. The lowest BCUT2D eigenvalue weighted by molar-refractivity contribution is 0.0123. The van der Waals surface area contributed by atoms with Gasteiger partial charge in [-0.15, -0.1) is 0 Å². The summed E-state index contributed by atoms with van der Waals surface area (Å²) >= 11 is 12.2. The molecule has 0 spiro atoms. The topological polar surface area (TPSA) is 139 Å². The highest BCUT2D eigenvalue weighted by molar-refractivity contribution is 6.40.